The number of sulfone groups is 1. The van der Waals surface area contributed by atoms with Gasteiger partial charge in [0.1, 0.15) is 0 Å². The Kier molecular flexibility index (Phi) is 4.02. The summed E-state index contributed by atoms with van der Waals surface area (Å²) in [6, 6.07) is -0.0269. The lowest BCUT2D eigenvalue weighted by Gasteiger charge is -2.34. The van der Waals surface area contributed by atoms with Gasteiger partial charge in [-0.2, -0.15) is 0 Å². The molecule has 2 atom stereocenters. The van der Waals surface area contributed by atoms with Crippen LogP contribution in [0.5, 0.6) is 0 Å². The molecule has 2 heterocycles. The van der Waals surface area contributed by atoms with Crippen LogP contribution in [0.3, 0.4) is 0 Å². The Morgan fingerprint density at radius 1 is 1.33 bits per heavy atom. The van der Waals surface area contributed by atoms with E-state index in [0.717, 1.165) is 26.1 Å². The fraction of sp³-hybridized carbons (Fsp3) is 1.00. The average molecular weight is 277 g/mol. The minimum absolute atomic E-state index is 0.0269. The lowest BCUT2D eigenvalue weighted by Crippen LogP contribution is -2.49. The molecule has 106 valence electrons. The van der Waals surface area contributed by atoms with Gasteiger partial charge in [0, 0.05) is 26.8 Å². The predicted octanol–water partition coefficient (Wildman–Crippen LogP) is 0.299. The second-order valence-electron chi connectivity index (χ2n) is 5.85. The van der Waals surface area contributed by atoms with Crippen LogP contribution in [0.15, 0.2) is 0 Å². The molecule has 2 aliphatic rings. The van der Waals surface area contributed by atoms with Crippen LogP contribution in [0.25, 0.3) is 0 Å². The highest BCUT2D eigenvalue weighted by molar-refractivity contribution is 7.91. The van der Waals surface area contributed by atoms with Crippen molar-refractivity contribution in [3.8, 4) is 0 Å². The summed E-state index contributed by atoms with van der Waals surface area (Å²) in [6.07, 6.45) is 0.736. The van der Waals surface area contributed by atoms with Crippen LogP contribution in [0, 0.1) is 0 Å². The smallest absolute Gasteiger partial charge is 0.154 e. The number of hydrogen-bond donors (Lipinski definition) is 0. The van der Waals surface area contributed by atoms with Crippen molar-refractivity contribution >= 4 is 9.84 Å². The molecule has 0 N–H and O–H groups in total. The lowest BCUT2D eigenvalue weighted by molar-refractivity contribution is -0.0316. The third kappa shape index (κ3) is 3.23. The van der Waals surface area contributed by atoms with E-state index in [1.807, 2.05) is 0 Å². The molecule has 0 aromatic carbocycles. The Hall–Kier alpha value is -0.170. The Bertz CT molecular complexity index is 393. The lowest BCUT2D eigenvalue weighted by atomic mass is 10.1. The van der Waals surface area contributed by atoms with Crippen molar-refractivity contribution in [2.75, 3.05) is 38.3 Å². The molecule has 2 fully saturated rings. The van der Waals surface area contributed by atoms with Gasteiger partial charge in [-0.1, -0.05) is 0 Å². The number of ether oxygens (including phenoxy) is 2. The maximum atomic E-state index is 11.8. The van der Waals surface area contributed by atoms with Crippen LogP contribution >= 0.6 is 0 Å². The summed E-state index contributed by atoms with van der Waals surface area (Å²) in [7, 11) is -1.37. The van der Waals surface area contributed by atoms with Gasteiger partial charge >= 0.3 is 0 Å². The average Bonchev–Trinajstić information content (AvgIpc) is 2.46. The minimum Gasteiger partial charge on any atom is -0.379 e. The highest BCUT2D eigenvalue weighted by Gasteiger charge is 2.43. The summed E-state index contributed by atoms with van der Waals surface area (Å²) < 4.78 is 34.7. The van der Waals surface area contributed by atoms with E-state index in [1.165, 1.54) is 0 Å². The highest BCUT2D eigenvalue weighted by Crippen LogP contribution is 2.25. The van der Waals surface area contributed by atoms with Crippen molar-refractivity contribution in [3.05, 3.63) is 0 Å². The Morgan fingerprint density at radius 3 is 2.72 bits per heavy atom. The maximum absolute atomic E-state index is 11.8. The molecule has 0 aromatic heterocycles. The summed E-state index contributed by atoms with van der Waals surface area (Å²) in [5.41, 5.74) is -0.221. The summed E-state index contributed by atoms with van der Waals surface area (Å²) >= 11 is 0. The van der Waals surface area contributed by atoms with Crippen LogP contribution in [0.1, 0.15) is 20.3 Å². The first kappa shape index (κ1) is 14.2. The van der Waals surface area contributed by atoms with Crippen molar-refractivity contribution in [2.24, 2.45) is 0 Å². The standard InChI is InChI=1S/C12H23NO4S/c1-12(2)9-13(5-4-6-17-12)10-7-18(14,15)8-11(10)16-3/h10-11H,4-9H2,1-3H3/t10-,11+/m0/s1. The molecule has 0 spiro atoms. The first-order valence-corrected chi connectivity index (χ1v) is 8.26. The first-order valence-electron chi connectivity index (χ1n) is 6.44. The summed E-state index contributed by atoms with van der Waals surface area (Å²) in [5.74, 6) is 0.355. The topological polar surface area (TPSA) is 55.8 Å². The molecule has 0 bridgehead atoms. The van der Waals surface area contributed by atoms with Crippen molar-refractivity contribution in [2.45, 2.75) is 38.0 Å². The van der Waals surface area contributed by atoms with E-state index in [1.54, 1.807) is 7.11 Å². The summed E-state index contributed by atoms with van der Waals surface area (Å²) in [4.78, 5) is 2.23. The Labute approximate surface area is 109 Å². The molecule has 0 amide bonds. The largest absolute Gasteiger partial charge is 0.379 e. The van der Waals surface area contributed by atoms with Gasteiger partial charge in [-0.3, -0.25) is 4.90 Å². The van der Waals surface area contributed by atoms with Gasteiger partial charge in [-0.25, -0.2) is 8.42 Å². The van der Waals surface area contributed by atoms with E-state index in [0.29, 0.717) is 0 Å². The van der Waals surface area contributed by atoms with Crippen molar-refractivity contribution < 1.29 is 17.9 Å². The monoisotopic (exact) mass is 277 g/mol. The van der Waals surface area contributed by atoms with E-state index < -0.39 is 9.84 Å². The van der Waals surface area contributed by atoms with Gasteiger partial charge in [-0.05, 0) is 20.3 Å². The molecule has 0 aliphatic carbocycles. The van der Waals surface area contributed by atoms with E-state index in [2.05, 4.69) is 18.7 Å². The van der Waals surface area contributed by atoms with E-state index in [4.69, 9.17) is 9.47 Å². The first-order chi connectivity index (χ1) is 8.33. The third-order valence-corrected chi connectivity index (χ3v) is 5.40. The molecule has 0 radical (unpaired) electrons. The number of rotatable bonds is 2. The molecule has 2 rings (SSSR count). The molecule has 5 nitrogen and oxygen atoms in total. The summed E-state index contributed by atoms with van der Waals surface area (Å²) in [5, 5.41) is 0. The van der Waals surface area contributed by atoms with E-state index >= 15 is 0 Å². The van der Waals surface area contributed by atoms with Crippen LogP contribution < -0.4 is 0 Å². The predicted molar refractivity (Wildman–Crippen MR) is 69.5 cm³/mol. The minimum atomic E-state index is -2.96. The zero-order valence-electron chi connectivity index (χ0n) is 11.4. The Morgan fingerprint density at radius 2 is 2.06 bits per heavy atom. The number of hydrogen-bond acceptors (Lipinski definition) is 5. The van der Waals surface area contributed by atoms with E-state index in [-0.39, 0.29) is 29.3 Å². The SMILES string of the molecule is CO[C@@H]1CS(=O)(=O)C[C@@H]1N1CCCOC(C)(C)C1. The second kappa shape index (κ2) is 5.07. The molecular formula is C12H23NO4S. The van der Waals surface area contributed by atoms with Crippen LogP contribution in [0.2, 0.25) is 0 Å². The number of nitrogens with zero attached hydrogens (tertiary/aromatic N) is 1. The Balaban J connectivity index is 2.14. The molecule has 0 unspecified atom stereocenters. The van der Waals surface area contributed by atoms with Gasteiger partial charge in [0.2, 0.25) is 0 Å². The van der Waals surface area contributed by atoms with Gasteiger partial charge in [0.05, 0.1) is 29.3 Å². The summed E-state index contributed by atoms with van der Waals surface area (Å²) in [6.45, 7) is 6.48. The normalized spacial score (nSPS) is 36.4. The van der Waals surface area contributed by atoms with Gasteiger partial charge in [0.25, 0.3) is 0 Å². The van der Waals surface area contributed by atoms with Crippen molar-refractivity contribution in [1.82, 2.24) is 4.90 Å². The molecule has 0 saturated carbocycles. The molecular weight excluding hydrogens is 254 g/mol. The van der Waals surface area contributed by atoms with Crippen molar-refractivity contribution in [3.63, 3.8) is 0 Å². The third-order valence-electron chi connectivity index (χ3n) is 3.71. The fourth-order valence-corrected chi connectivity index (χ4v) is 4.82. The fourth-order valence-electron chi connectivity index (χ4n) is 2.88. The zero-order chi connectivity index (χ0) is 13.4. The number of methoxy groups -OCH3 is 1. The van der Waals surface area contributed by atoms with E-state index in [9.17, 15) is 8.42 Å². The van der Waals surface area contributed by atoms with Crippen molar-refractivity contribution in [1.29, 1.82) is 0 Å². The molecule has 2 saturated heterocycles. The van der Waals surface area contributed by atoms with Gasteiger partial charge in [0.15, 0.2) is 9.84 Å². The zero-order valence-corrected chi connectivity index (χ0v) is 12.2. The van der Waals surface area contributed by atoms with Gasteiger partial charge in [-0.15, -0.1) is 0 Å². The van der Waals surface area contributed by atoms with Crippen LogP contribution in [0.4, 0.5) is 0 Å². The molecule has 18 heavy (non-hydrogen) atoms. The molecule has 6 heteroatoms. The highest BCUT2D eigenvalue weighted by atomic mass is 32.2. The second-order valence-corrected chi connectivity index (χ2v) is 8.00. The van der Waals surface area contributed by atoms with Crippen LogP contribution in [-0.4, -0.2) is 69.4 Å². The van der Waals surface area contributed by atoms with Crippen LogP contribution in [-0.2, 0) is 19.3 Å². The molecule has 0 aromatic rings. The maximum Gasteiger partial charge on any atom is 0.154 e. The van der Waals surface area contributed by atoms with Gasteiger partial charge < -0.3 is 9.47 Å². The molecule has 2 aliphatic heterocycles. The quantitative estimate of drug-likeness (QED) is 0.726.